The van der Waals surface area contributed by atoms with Gasteiger partial charge in [0.05, 0.1) is 17.3 Å². The van der Waals surface area contributed by atoms with Crippen molar-refractivity contribution in [1.82, 2.24) is 4.72 Å². The first kappa shape index (κ1) is 22.4. The first-order valence-electron chi connectivity index (χ1n) is 8.75. The summed E-state index contributed by atoms with van der Waals surface area (Å²) in [6, 6.07) is 13.3. The third kappa shape index (κ3) is 6.90. The molecular formula is C19H25NO6S2. The van der Waals surface area contributed by atoms with Gasteiger partial charge in [-0.05, 0) is 35.4 Å². The highest BCUT2D eigenvalue weighted by molar-refractivity contribution is 7.91. The van der Waals surface area contributed by atoms with Gasteiger partial charge >= 0.3 is 0 Å². The Bertz CT molecular complexity index is 970. The molecule has 0 bridgehead atoms. The molecule has 0 unspecified atom stereocenters. The number of hydrogen-bond acceptors (Lipinski definition) is 6. The Morgan fingerprint density at radius 3 is 2.29 bits per heavy atom. The van der Waals surface area contributed by atoms with Gasteiger partial charge in [0.1, 0.15) is 12.4 Å². The van der Waals surface area contributed by atoms with Crippen molar-refractivity contribution in [3.8, 4) is 5.75 Å². The molecule has 2 rings (SSSR count). The largest absolute Gasteiger partial charge is 0.493 e. The minimum Gasteiger partial charge on any atom is -0.493 e. The summed E-state index contributed by atoms with van der Waals surface area (Å²) in [5.74, 6) is 0.401. The minimum absolute atomic E-state index is 0.0261. The van der Waals surface area contributed by atoms with E-state index in [0.29, 0.717) is 12.4 Å². The summed E-state index contributed by atoms with van der Waals surface area (Å²) < 4.78 is 60.8. The topological polar surface area (TPSA) is 98.8 Å². The molecule has 0 aliphatic carbocycles. The van der Waals surface area contributed by atoms with Gasteiger partial charge in [-0.1, -0.05) is 31.2 Å². The maximum atomic E-state index is 12.5. The van der Waals surface area contributed by atoms with Crippen LogP contribution >= 0.6 is 0 Å². The van der Waals surface area contributed by atoms with E-state index in [-0.39, 0.29) is 29.6 Å². The van der Waals surface area contributed by atoms with Crippen LogP contribution in [-0.2, 0) is 37.7 Å². The molecule has 0 heterocycles. The Kier molecular flexibility index (Phi) is 7.99. The molecule has 2 aromatic rings. The number of benzene rings is 2. The maximum absolute atomic E-state index is 12.5. The van der Waals surface area contributed by atoms with Crippen LogP contribution in [0.2, 0.25) is 0 Å². The van der Waals surface area contributed by atoms with Crippen molar-refractivity contribution >= 4 is 19.9 Å². The molecule has 0 saturated heterocycles. The van der Waals surface area contributed by atoms with Gasteiger partial charge in [0.25, 0.3) is 0 Å². The van der Waals surface area contributed by atoms with Crippen LogP contribution < -0.4 is 9.46 Å². The molecule has 154 valence electrons. The first-order valence-corrected chi connectivity index (χ1v) is 12.1. The lowest BCUT2D eigenvalue weighted by atomic mass is 10.1. The summed E-state index contributed by atoms with van der Waals surface area (Å²) in [5.41, 5.74) is 1.79. The molecule has 0 atom stereocenters. The first-order chi connectivity index (χ1) is 13.3. The highest BCUT2D eigenvalue weighted by Crippen LogP contribution is 2.16. The number of methoxy groups -OCH3 is 1. The van der Waals surface area contributed by atoms with Crippen LogP contribution in [0, 0.1) is 0 Å². The van der Waals surface area contributed by atoms with E-state index in [1.165, 1.54) is 24.3 Å². The lowest BCUT2D eigenvalue weighted by Crippen LogP contribution is -2.23. The van der Waals surface area contributed by atoms with Crippen molar-refractivity contribution in [1.29, 1.82) is 0 Å². The molecule has 0 fully saturated rings. The van der Waals surface area contributed by atoms with E-state index in [1.54, 1.807) is 14.0 Å². The Morgan fingerprint density at radius 1 is 0.964 bits per heavy atom. The van der Waals surface area contributed by atoms with Crippen LogP contribution in [0.25, 0.3) is 0 Å². The minimum atomic E-state index is -3.68. The second-order valence-corrected chi connectivity index (χ2v) is 10.4. The standard InChI is InChI=1S/C19H25NO6S2/c1-3-27(21,22)12-11-26-18-7-9-19(10-8-18)28(23,24)20-14-16-5-4-6-17(13-16)15-25-2/h4-10,13,20H,3,11-12,14-15H2,1-2H3. The predicted octanol–water partition coefficient (Wildman–Crippen LogP) is 2.12. The van der Waals surface area contributed by atoms with Gasteiger partial charge in [-0.15, -0.1) is 0 Å². The molecular weight excluding hydrogens is 402 g/mol. The summed E-state index contributed by atoms with van der Waals surface area (Å²) >= 11 is 0. The monoisotopic (exact) mass is 427 g/mol. The summed E-state index contributed by atoms with van der Waals surface area (Å²) in [5, 5.41) is 0. The summed E-state index contributed by atoms with van der Waals surface area (Å²) in [4.78, 5) is 0.106. The zero-order valence-corrected chi connectivity index (χ0v) is 17.6. The van der Waals surface area contributed by atoms with E-state index in [2.05, 4.69) is 4.72 Å². The normalized spacial score (nSPS) is 12.1. The second-order valence-electron chi connectivity index (χ2n) is 6.13. The fraction of sp³-hybridized carbons (Fsp3) is 0.368. The molecule has 0 amide bonds. The van der Waals surface area contributed by atoms with Crippen molar-refractivity contribution in [3.05, 3.63) is 59.7 Å². The van der Waals surface area contributed by atoms with E-state index in [9.17, 15) is 16.8 Å². The quantitative estimate of drug-likeness (QED) is 0.590. The van der Waals surface area contributed by atoms with Gasteiger partial charge in [-0.25, -0.2) is 21.6 Å². The molecule has 28 heavy (non-hydrogen) atoms. The van der Waals surface area contributed by atoms with Gasteiger partial charge < -0.3 is 9.47 Å². The Morgan fingerprint density at radius 2 is 1.64 bits per heavy atom. The lowest BCUT2D eigenvalue weighted by molar-refractivity contribution is 0.185. The molecule has 9 heteroatoms. The molecule has 1 N–H and O–H groups in total. The van der Waals surface area contributed by atoms with Crippen molar-refractivity contribution in [2.45, 2.75) is 25.0 Å². The van der Waals surface area contributed by atoms with Crippen LogP contribution in [0.4, 0.5) is 0 Å². The molecule has 7 nitrogen and oxygen atoms in total. The Labute approximate surface area is 166 Å². The summed E-state index contributed by atoms with van der Waals surface area (Å²) in [6.07, 6.45) is 0. The summed E-state index contributed by atoms with van der Waals surface area (Å²) in [6.45, 7) is 2.22. The van der Waals surface area contributed by atoms with Gasteiger partial charge in [-0.2, -0.15) is 0 Å². The molecule has 0 aliphatic heterocycles. The van der Waals surface area contributed by atoms with E-state index in [4.69, 9.17) is 9.47 Å². The van der Waals surface area contributed by atoms with Crippen LogP contribution in [0.3, 0.4) is 0 Å². The number of sulfonamides is 1. The molecule has 0 aromatic heterocycles. The van der Waals surface area contributed by atoms with Gasteiger partial charge in [-0.3, -0.25) is 0 Å². The van der Waals surface area contributed by atoms with E-state index in [1.807, 2.05) is 24.3 Å². The fourth-order valence-corrected chi connectivity index (χ4v) is 4.05. The highest BCUT2D eigenvalue weighted by atomic mass is 32.2. The molecule has 0 aliphatic rings. The smallest absolute Gasteiger partial charge is 0.240 e. The van der Waals surface area contributed by atoms with Crippen molar-refractivity contribution < 1.29 is 26.3 Å². The average molecular weight is 428 g/mol. The number of rotatable bonds is 11. The van der Waals surface area contributed by atoms with E-state index in [0.717, 1.165) is 11.1 Å². The third-order valence-electron chi connectivity index (χ3n) is 4.01. The van der Waals surface area contributed by atoms with E-state index >= 15 is 0 Å². The Hall–Kier alpha value is -1.94. The van der Waals surface area contributed by atoms with Crippen molar-refractivity contribution in [3.63, 3.8) is 0 Å². The highest BCUT2D eigenvalue weighted by Gasteiger charge is 2.14. The fourth-order valence-electron chi connectivity index (χ4n) is 2.40. The third-order valence-corrected chi connectivity index (χ3v) is 7.09. The van der Waals surface area contributed by atoms with Gasteiger partial charge in [0, 0.05) is 19.4 Å². The SMILES string of the molecule is CCS(=O)(=O)CCOc1ccc(S(=O)(=O)NCc2cccc(COC)c2)cc1. The number of ether oxygens (including phenoxy) is 2. The Balaban J connectivity index is 1.95. The second kappa shape index (κ2) is 10.0. The van der Waals surface area contributed by atoms with E-state index < -0.39 is 19.9 Å². The van der Waals surface area contributed by atoms with Crippen molar-refractivity contribution in [2.24, 2.45) is 0 Å². The molecule has 0 spiro atoms. The number of nitrogens with one attached hydrogen (secondary N) is 1. The summed E-state index contributed by atoms with van der Waals surface area (Å²) in [7, 11) is -5.18. The van der Waals surface area contributed by atoms with Crippen LogP contribution in [-0.4, -0.2) is 42.1 Å². The molecule has 2 aromatic carbocycles. The lowest BCUT2D eigenvalue weighted by Gasteiger charge is -2.10. The molecule has 0 saturated carbocycles. The zero-order chi connectivity index (χ0) is 20.6. The zero-order valence-electron chi connectivity index (χ0n) is 15.9. The number of hydrogen-bond donors (Lipinski definition) is 1. The van der Waals surface area contributed by atoms with Crippen LogP contribution in [0.1, 0.15) is 18.1 Å². The van der Waals surface area contributed by atoms with Crippen LogP contribution in [0.5, 0.6) is 5.75 Å². The predicted molar refractivity (Wildman–Crippen MR) is 107 cm³/mol. The van der Waals surface area contributed by atoms with Gasteiger partial charge in [0.15, 0.2) is 9.84 Å². The molecule has 0 radical (unpaired) electrons. The van der Waals surface area contributed by atoms with Crippen molar-refractivity contribution in [2.75, 3.05) is 25.2 Å². The van der Waals surface area contributed by atoms with Gasteiger partial charge in [0.2, 0.25) is 10.0 Å². The van der Waals surface area contributed by atoms with Crippen LogP contribution in [0.15, 0.2) is 53.4 Å². The average Bonchev–Trinajstić information content (AvgIpc) is 2.67. The maximum Gasteiger partial charge on any atom is 0.240 e. The number of sulfone groups is 1.